The van der Waals surface area contributed by atoms with Crippen molar-refractivity contribution in [3.8, 4) is 0 Å². The van der Waals surface area contributed by atoms with Crippen molar-refractivity contribution in [3.05, 3.63) is 0 Å². The molecule has 4 rings (SSSR count). The monoisotopic (exact) mass is 188 g/mol. The van der Waals surface area contributed by atoms with Gasteiger partial charge in [0.1, 0.15) is 0 Å². The third-order valence-corrected chi connectivity index (χ3v) is 7.26. The van der Waals surface area contributed by atoms with Gasteiger partial charge in [-0.3, -0.25) is 0 Å². The van der Waals surface area contributed by atoms with Crippen molar-refractivity contribution in [1.82, 2.24) is 0 Å². The van der Waals surface area contributed by atoms with Crippen LogP contribution in [0.4, 0.5) is 0 Å². The van der Waals surface area contributed by atoms with Gasteiger partial charge in [-0.25, -0.2) is 0 Å². The molecule has 4 bridgehead atoms. The SMILES string of the molecule is ClC12CC3CC(CP(C3)C1)C2. The molecule has 0 aromatic rings. The van der Waals surface area contributed by atoms with E-state index in [0.29, 0.717) is 12.8 Å². The van der Waals surface area contributed by atoms with E-state index in [1.54, 1.807) is 12.3 Å². The molecule has 2 atom stereocenters. The standard InChI is InChI=1S/C9H14ClP/c10-9-2-7-1-8(3-9)5-11(4-7)6-9/h7-8H,1-6H2. The van der Waals surface area contributed by atoms with Crippen LogP contribution in [0.3, 0.4) is 0 Å². The Bertz CT molecular complexity index is 155. The average Bonchev–Trinajstić information content (AvgIpc) is 1.79. The lowest BCUT2D eigenvalue weighted by molar-refractivity contribution is 0.231. The van der Waals surface area contributed by atoms with Crippen LogP contribution in [-0.2, 0) is 0 Å². The highest BCUT2D eigenvalue weighted by Gasteiger charge is 2.49. The molecule has 0 aromatic heterocycles. The summed E-state index contributed by atoms with van der Waals surface area (Å²) in [5.74, 6) is 2.08. The number of rotatable bonds is 0. The van der Waals surface area contributed by atoms with E-state index in [2.05, 4.69) is 0 Å². The summed E-state index contributed by atoms with van der Waals surface area (Å²) in [6.07, 6.45) is 8.76. The van der Waals surface area contributed by atoms with E-state index in [1.165, 1.54) is 25.4 Å². The van der Waals surface area contributed by atoms with E-state index in [4.69, 9.17) is 11.6 Å². The molecule has 1 saturated carbocycles. The minimum atomic E-state index is 0.301. The molecule has 0 spiro atoms. The third-order valence-electron chi connectivity index (χ3n) is 3.52. The van der Waals surface area contributed by atoms with Gasteiger partial charge in [0.2, 0.25) is 0 Å². The molecule has 3 heterocycles. The Morgan fingerprint density at radius 1 is 1.18 bits per heavy atom. The molecule has 0 nitrogen and oxygen atoms in total. The predicted molar refractivity (Wildman–Crippen MR) is 50.9 cm³/mol. The fraction of sp³-hybridized carbons (Fsp3) is 1.00. The van der Waals surface area contributed by atoms with Crippen molar-refractivity contribution in [2.45, 2.75) is 24.1 Å². The molecule has 0 aromatic carbocycles. The Balaban J connectivity index is 1.94. The smallest absolute Gasteiger partial charge is 0.0491 e. The number of hydrogen-bond acceptors (Lipinski definition) is 0. The first-order valence-electron chi connectivity index (χ1n) is 4.65. The first kappa shape index (κ1) is 7.15. The molecule has 2 heteroatoms. The summed E-state index contributed by atoms with van der Waals surface area (Å²) >= 11 is 6.55. The average molecular weight is 189 g/mol. The molecular formula is C9H14ClP. The van der Waals surface area contributed by atoms with Crippen molar-refractivity contribution in [1.29, 1.82) is 0 Å². The van der Waals surface area contributed by atoms with E-state index in [0.717, 1.165) is 11.8 Å². The van der Waals surface area contributed by atoms with Crippen molar-refractivity contribution >= 4 is 19.5 Å². The minimum absolute atomic E-state index is 0.301. The van der Waals surface area contributed by atoms with Gasteiger partial charge in [0.05, 0.1) is 0 Å². The van der Waals surface area contributed by atoms with E-state index in [-0.39, 0.29) is 0 Å². The van der Waals surface area contributed by atoms with Crippen molar-refractivity contribution in [2.75, 3.05) is 18.5 Å². The maximum Gasteiger partial charge on any atom is 0.0491 e. The highest BCUT2D eigenvalue weighted by molar-refractivity contribution is 7.58. The zero-order valence-electron chi connectivity index (χ0n) is 6.72. The quantitative estimate of drug-likeness (QED) is 0.405. The Kier molecular flexibility index (Phi) is 1.40. The fourth-order valence-corrected chi connectivity index (χ4v) is 7.93. The van der Waals surface area contributed by atoms with Gasteiger partial charge >= 0.3 is 0 Å². The maximum atomic E-state index is 6.55. The van der Waals surface area contributed by atoms with Crippen LogP contribution >= 0.6 is 19.5 Å². The van der Waals surface area contributed by atoms with Gasteiger partial charge in [-0.05, 0) is 49.6 Å². The summed E-state index contributed by atoms with van der Waals surface area (Å²) in [5, 5.41) is 0. The largest absolute Gasteiger partial charge is 0.119 e. The van der Waals surface area contributed by atoms with Crippen LogP contribution in [0.1, 0.15) is 19.3 Å². The third kappa shape index (κ3) is 1.06. The maximum absolute atomic E-state index is 6.55. The van der Waals surface area contributed by atoms with Gasteiger partial charge < -0.3 is 0 Å². The van der Waals surface area contributed by atoms with Gasteiger partial charge in [0.15, 0.2) is 0 Å². The summed E-state index contributed by atoms with van der Waals surface area (Å²) in [5.41, 5.74) is 0. The van der Waals surface area contributed by atoms with Crippen LogP contribution in [-0.4, -0.2) is 23.4 Å². The molecule has 0 radical (unpaired) electrons. The Morgan fingerprint density at radius 3 is 2.27 bits per heavy atom. The lowest BCUT2D eigenvalue weighted by Gasteiger charge is -2.54. The Labute approximate surface area is 74.4 Å². The number of alkyl halides is 1. The molecule has 11 heavy (non-hydrogen) atoms. The summed E-state index contributed by atoms with van der Waals surface area (Å²) < 4.78 is 0. The molecule has 4 aliphatic rings. The second-order valence-electron chi connectivity index (χ2n) is 4.72. The predicted octanol–water partition coefficient (Wildman–Crippen LogP) is 2.89. The van der Waals surface area contributed by atoms with Crippen LogP contribution < -0.4 is 0 Å². The van der Waals surface area contributed by atoms with E-state index in [9.17, 15) is 0 Å². The zero-order chi connectivity index (χ0) is 7.47. The van der Waals surface area contributed by atoms with Crippen LogP contribution in [0.15, 0.2) is 0 Å². The van der Waals surface area contributed by atoms with Crippen LogP contribution in [0.2, 0.25) is 0 Å². The molecular weight excluding hydrogens is 175 g/mol. The Hall–Kier alpha value is 0.720. The molecule has 4 fully saturated rings. The van der Waals surface area contributed by atoms with Crippen LogP contribution in [0.25, 0.3) is 0 Å². The topological polar surface area (TPSA) is 0 Å². The van der Waals surface area contributed by atoms with E-state index >= 15 is 0 Å². The lowest BCUT2D eigenvalue weighted by Crippen LogP contribution is -2.47. The second kappa shape index (κ2) is 2.15. The Morgan fingerprint density at radius 2 is 1.82 bits per heavy atom. The first-order chi connectivity index (χ1) is 5.23. The fourth-order valence-electron chi connectivity index (χ4n) is 3.50. The van der Waals surface area contributed by atoms with Crippen LogP contribution in [0.5, 0.6) is 0 Å². The molecule has 0 N–H and O–H groups in total. The lowest BCUT2D eigenvalue weighted by atomic mass is 9.75. The molecule has 0 amide bonds. The van der Waals surface area contributed by atoms with E-state index < -0.39 is 0 Å². The molecule has 3 aliphatic heterocycles. The minimum Gasteiger partial charge on any atom is -0.119 e. The van der Waals surface area contributed by atoms with Gasteiger partial charge in [-0.2, -0.15) is 0 Å². The summed E-state index contributed by atoms with van der Waals surface area (Å²) in [6.45, 7) is 0. The second-order valence-corrected chi connectivity index (χ2v) is 7.91. The molecule has 3 saturated heterocycles. The zero-order valence-corrected chi connectivity index (χ0v) is 8.37. The van der Waals surface area contributed by atoms with Gasteiger partial charge in [-0.15, -0.1) is 19.5 Å². The molecule has 1 aliphatic carbocycles. The summed E-state index contributed by atoms with van der Waals surface area (Å²) in [7, 11) is 0.408. The van der Waals surface area contributed by atoms with Crippen molar-refractivity contribution < 1.29 is 0 Å². The molecule has 2 unspecified atom stereocenters. The highest BCUT2D eigenvalue weighted by atomic mass is 35.5. The van der Waals surface area contributed by atoms with Gasteiger partial charge in [-0.1, -0.05) is 0 Å². The normalized spacial score (nSPS) is 60.3. The highest BCUT2D eigenvalue weighted by Crippen LogP contribution is 2.63. The summed E-state index contributed by atoms with van der Waals surface area (Å²) in [6, 6.07) is 0. The van der Waals surface area contributed by atoms with Crippen molar-refractivity contribution in [2.24, 2.45) is 11.8 Å². The van der Waals surface area contributed by atoms with E-state index in [1.807, 2.05) is 0 Å². The number of halogens is 1. The molecule has 62 valence electrons. The van der Waals surface area contributed by atoms with Crippen LogP contribution in [0, 0.1) is 11.8 Å². The number of hydrogen-bond donors (Lipinski definition) is 0. The first-order valence-corrected chi connectivity index (χ1v) is 6.92. The summed E-state index contributed by atoms with van der Waals surface area (Å²) in [4.78, 5) is 0.301. The van der Waals surface area contributed by atoms with Gasteiger partial charge in [0, 0.05) is 4.87 Å². The van der Waals surface area contributed by atoms with Crippen molar-refractivity contribution in [3.63, 3.8) is 0 Å². The van der Waals surface area contributed by atoms with Gasteiger partial charge in [0.25, 0.3) is 0 Å².